The van der Waals surface area contributed by atoms with E-state index in [1.165, 1.54) is 0 Å². The largest absolute Gasteiger partial charge is 0.455 e. The van der Waals surface area contributed by atoms with Crippen LogP contribution < -0.4 is 0 Å². The molecule has 3 saturated heterocycles. The molecule has 1 aromatic carbocycles. The number of esters is 1. The van der Waals surface area contributed by atoms with Gasteiger partial charge in [0.15, 0.2) is 24.8 Å². The van der Waals surface area contributed by atoms with E-state index < -0.39 is 105 Å². The fourth-order valence-corrected chi connectivity index (χ4v) is 4.81. The van der Waals surface area contributed by atoms with Crippen LogP contribution in [0.25, 0.3) is 0 Å². The Morgan fingerprint density at radius 1 is 0.659 bits per heavy atom. The lowest BCUT2D eigenvalue weighted by atomic mass is 9.96. The number of aliphatic hydroxyl groups excluding tert-OH is 9. The Hall–Kier alpha value is -1.87. The molecule has 0 radical (unpaired) electrons. The summed E-state index contributed by atoms with van der Waals surface area (Å²) >= 11 is 0. The summed E-state index contributed by atoms with van der Waals surface area (Å²) in [4.78, 5) is 11.6. The minimum absolute atomic E-state index is 0.163. The first-order valence-corrected chi connectivity index (χ1v) is 13.0. The molecule has 3 aliphatic heterocycles. The Labute approximate surface area is 233 Å². The molecule has 4 rings (SSSR count). The molecule has 0 bridgehead atoms. The number of aliphatic hydroxyl groups is 9. The first kappa shape index (κ1) is 32.1. The summed E-state index contributed by atoms with van der Waals surface area (Å²) in [5, 5.41) is 92.2. The van der Waals surface area contributed by atoms with Crippen molar-refractivity contribution in [1.29, 1.82) is 0 Å². The van der Waals surface area contributed by atoms with Crippen molar-refractivity contribution in [1.82, 2.24) is 0 Å². The number of hydrogen-bond donors (Lipinski definition) is 9. The predicted molar refractivity (Wildman–Crippen MR) is 129 cm³/mol. The van der Waals surface area contributed by atoms with Crippen LogP contribution in [0, 0.1) is 0 Å². The van der Waals surface area contributed by atoms with E-state index in [1.54, 1.807) is 0 Å². The zero-order valence-corrected chi connectivity index (χ0v) is 21.7. The van der Waals surface area contributed by atoms with E-state index >= 15 is 0 Å². The lowest BCUT2D eigenvalue weighted by molar-refractivity contribution is -0.369. The van der Waals surface area contributed by atoms with Gasteiger partial charge in [0.05, 0.1) is 26.4 Å². The second-order valence-corrected chi connectivity index (χ2v) is 10.0. The Kier molecular flexibility index (Phi) is 11.0. The maximum atomic E-state index is 11.6. The molecule has 16 nitrogen and oxygen atoms in total. The van der Waals surface area contributed by atoms with Gasteiger partial charge in [-0.1, -0.05) is 30.3 Å². The Balaban J connectivity index is 1.40. The molecule has 0 amide bonds. The first-order valence-electron chi connectivity index (χ1n) is 13.0. The van der Waals surface area contributed by atoms with Gasteiger partial charge in [0.25, 0.3) is 0 Å². The predicted octanol–water partition coefficient (Wildman–Crippen LogP) is -5.14. The van der Waals surface area contributed by atoms with Crippen molar-refractivity contribution in [3.8, 4) is 0 Å². The van der Waals surface area contributed by atoms with Crippen molar-refractivity contribution >= 4 is 5.97 Å². The third-order valence-electron chi connectivity index (χ3n) is 7.18. The van der Waals surface area contributed by atoms with Crippen LogP contribution in [0.1, 0.15) is 5.56 Å². The molecule has 0 aromatic heterocycles. The molecule has 3 aliphatic rings. The quantitative estimate of drug-likeness (QED) is 0.115. The number of ether oxygens (including phenoxy) is 6. The van der Waals surface area contributed by atoms with Gasteiger partial charge in [-0.2, -0.15) is 0 Å². The summed E-state index contributed by atoms with van der Waals surface area (Å²) in [5.74, 6) is -1.20. The van der Waals surface area contributed by atoms with Crippen molar-refractivity contribution < 1.29 is 79.2 Å². The second-order valence-electron chi connectivity index (χ2n) is 10.0. The van der Waals surface area contributed by atoms with Crippen LogP contribution in [0.4, 0.5) is 0 Å². The van der Waals surface area contributed by atoms with Crippen LogP contribution in [0.15, 0.2) is 30.3 Å². The standard InChI is InChI=1S/C25H36O16/c26-6-11-21(16(30)18(32)23(35)37-11)40-25-20(34)17(31)22(12(7-27)38-25)41-24-19(33)15(29)14(28)13(39-24)9-36-8-10-4-2-1-3-5-10/h1-5,11-22,24-34H,6-9H2/t11-,12-,13-,14-,15+,16-,17-,18-,19-,20-,21-,22-,24-,25-/m1/s1. The lowest BCUT2D eigenvalue weighted by Crippen LogP contribution is -2.66. The van der Waals surface area contributed by atoms with Crippen LogP contribution in [0.2, 0.25) is 0 Å². The maximum absolute atomic E-state index is 11.6. The third kappa shape index (κ3) is 7.03. The third-order valence-corrected chi connectivity index (χ3v) is 7.18. The number of carbonyl (C=O) groups is 1. The summed E-state index contributed by atoms with van der Waals surface area (Å²) in [6.45, 7) is -1.68. The van der Waals surface area contributed by atoms with Gasteiger partial charge in [0.1, 0.15) is 61.0 Å². The van der Waals surface area contributed by atoms with E-state index in [0.29, 0.717) is 0 Å². The van der Waals surface area contributed by atoms with E-state index in [2.05, 4.69) is 0 Å². The van der Waals surface area contributed by atoms with E-state index in [9.17, 15) is 50.8 Å². The molecular formula is C25H36O16. The van der Waals surface area contributed by atoms with Crippen molar-refractivity contribution in [2.45, 2.75) is 92.4 Å². The number of cyclic esters (lactones) is 1. The van der Waals surface area contributed by atoms with Gasteiger partial charge in [0.2, 0.25) is 0 Å². The molecule has 41 heavy (non-hydrogen) atoms. The van der Waals surface area contributed by atoms with Gasteiger partial charge in [-0.15, -0.1) is 0 Å². The van der Waals surface area contributed by atoms with Crippen molar-refractivity contribution in [3.63, 3.8) is 0 Å². The second kappa shape index (κ2) is 14.1. The van der Waals surface area contributed by atoms with Crippen molar-refractivity contribution in [3.05, 3.63) is 35.9 Å². The molecular weight excluding hydrogens is 556 g/mol. The van der Waals surface area contributed by atoms with E-state index in [4.69, 9.17) is 28.4 Å². The normalized spacial score (nSPS) is 43.5. The molecule has 16 heteroatoms. The SMILES string of the molecule is O=C1O[C@H](CO)[C@@H](O[C@H]2O[C@H](CO)[C@@H](O[C@H]3O[C@H](COCc4ccccc4)[C@@H](O)[C@H](O)[C@H]3O)[C@H](O)[C@H]2O)[C@H](O)[C@H]1O. The van der Waals surface area contributed by atoms with Gasteiger partial charge >= 0.3 is 5.97 Å². The Morgan fingerprint density at radius 3 is 1.83 bits per heavy atom. The van der Waals surface area contributed by atoms with Gasteiger partial charge in [-0.05, 0) is 5.56 Å². The maximum Gasteiger partial charge on any atom is 0.338 e. The summed E-state index contributed by atoms with van der Waals surface area (Å²) in [6.07, 6.45) is -23.5. The Bertz CT molecular complexity index is 964. The molecule has 3 heterocycles. The van der Waals surface area contributed by atoms with E-state index in [1.807, 2.05) is 30.3 Å². The minimum Gasteiger partial charge on any atom is -0.455 e. The highest BCUT2D eigenvalue weighted by molar-refractivity contribution is 5.76. The molecule has 1 aromatic rings. The minimum atomic E-state index is -2.02. The monoisotopic (exact) mass is 592 g/mol. The summed E-state index contributed by atoms with van der Waals surface area (Å²) in [6, 6.07) is 9.09. The Morgan fingerprint density at radius 2 is 1.22 bits per heavy atom. The molecule has 0 saturated carbocycles. The molecule has 0 aliphatic carbocycles. The molecule has 232 valence electrons. The summed E-state index contributed by atoms with van der Waals surface area (Å²) in [5.41, 5.74) is 0.837. The van der Waals surface area contributed by atoms with Crippen LogP contribution in [-0.4, -0.2) is 158 Å². The van der Waals surface area contributed by atoms with Gasteiger partial charge < -0.3 is 74.4 Å². The highest BCUT2D eigenvalue weighted by atomic mass is 16.7. The topological polar surface area (TPSA) is 255 Å². The molecule has 0 spiro atoms. The average molecular weight is 593 g/mol. The zero-order valence-electron chi connectivity index (χ0n) is 21.7. The van der Waals surface area contributed by atoms with Crippen molar-refractivity contribution in [2.75, 3.05) is 19.8 Å². The van der Waals surface area contributed by atoms with Crippen LogP contribution >= 0.6 is 0 Å². The fourth-order valence-electron chi connectivity index (χ4n) is 4.81. The highest BCUT2D eigenvalue weighted by Crippen LogP contribution is 2.31. The zero-order chi connectivity index (χ0) is 29.8. The van der Waals surface area contributed by atoms with Crippen molar-refractivity contribution in [2.24, 2.45) is 0 Å². The van der Waals surface area contributed by atoms with E-state index in [-0.39, 0.29) is 13.2 Å². The number of hydrogen-bond acceptors (Lipinski definition) is 16. The molecule has 0 unspecified atom stereocenters. The molecule has 9 N–H and O–H groups in total. The number of carbonyl (C=O) groups excluding carboxylic acids is 1. The average Bonchev–Trinajstić information content (AvgIpc) is 2.98. The van der Waals surface area contributed by atoms with Crippen LogP contribution in [0.3, 0.4) is 0 Å². The van der Waals surface area contributed by atoms with E-state index in [0.717, 1.165) is 5.56 Å². The first-order chi connectivity index (χ1) is 19.6. The van der Waals surface area contributed by atoms with Gasteiger partial charge in [-0.3, -0.25) is 0 Å². The molecule has 3 fully saturated rings. The smallest absolute Gasteiger partial charge is 0.338 e. The fraction of sp³-hybridized carbons (Fsp3) is 0.720. The number of benzene rings is 1. The van der Waals surface area contributed by atoms with Gasteiger partial charge in [-0.25, -0.2) is 4.79 Å². The van der Waals surface area contributed by atoms with Crippen LogP contribution in [-0.2, 0) is 39.8 Å². The summed E-state index contributed by atoms with van der Waals surface area (Å²) < 4.78 is 32.6. The van der Waals surface area contributed by atoms with Crippen LogP contribution in [0.5, 0.6) is 0 Å². The number of rotatable bonds is 10. The highest BCUT2D eigenvalue weighted by Gasteiger charge is 2.53. The summed E-state index contributed by atoms with van der Waals surface area (Å²) in [7, 11) is 0. The van der Waals surface area contributed by atoms with Gasteiger partial charge in [0, 0.05) is 0 Å². The lowest BCUT2D eigenvalue weighted by Gasteiger charge is -2.47. The molecule has 14 atom stereocenters.